The molecule has 12 nitrogen and oxygen atoms in total. The number of benzene rings is 3. The lowest BCUT2D eigenvalue weighted by Gasteiger charge is -2.31. The predicted octanol–water partition coefficient (Wildman–Crippen LogP) is 9.46. The lowest BCUT2D eigenvalue weighted by molar-refractivity contribution is 0.0701. The molecule has 0 aromatic heterocycles. The summed E-state index contributed by atoms with van der Waals surface area (Å²) in [6.45, 7) is 24.6. The SMILES string of the molecule is CCO[Si](CCCNC(=O)Nc1ccc(C(C)(C)c2cccc(C(C)(C)c3ccc(NC(=O)NCCC[Si](OCC)(OCC)OCC)cc3)c2)cc1)(OCC)OCC. The number of carbonyl (C=O) groups is 2. The zero-order valence-electron chi connectivity index (χ0n) is 36.7. The molecule has 0 saturated heterocycles. The molecule has 0 fully saturated rings. The van der Waals surface area contributed by atoms with Gasteiger partial charge in [-0.25, -0.2) is 9.59 Å². The molecule has 0 radical (unpaired) electrons. The number of rotatable bonds is 26. The van der Waals surface area contributed by atoms with E-state index in [0.717, 1.165) is 11.1 Å². The summed E-state index contributed by atoms with van der Waals surface area (Å²) in [6.07, 6.45) is 1.38. The first-order valence-corrected chi connectivity index (χ1v) is 24.8. The van der Waals surface area contributed by atoms with Gasteiger partial charge in [0.1, 0.15) is 0 Å². The van der Waals surface area contributed by atoms with Crippen molar-refractivity contribution in [2.75, 3.05) is 63.4 Å². The third kappa shape index (κ3) is 14.3. The van der Waals surface area contributed by atoms with Crippen molar-refractivity contribution in [3.8, 4) is 0 Å². The van der Waals surface area contributed by atoms with Crippen LogP contribution in [0, 0.1) is 0 Å². The van der Waals surface area contributed by atoms with Crippen molar-refractivity contribution in [3.63, 3.8) is 0 Å². The van der Waals surface area contributed by atoms with Crippen molar-refractivity contribution in [2.45, 2.75) is 105 Å². The monoisotopic (exact) mass is 838 g/mol. The molecule has 3 aromatic rings. The second-order valence-electron chi connectivity index (χ2n) is 14.9. The van der Waals surface area contributed by atoms with E-state index >= 15 is 0 Å². The van der Waals surface area contributed by atoms with Crippen molar-refractivity contribution >= 4 is 41.0 Å². The highest BCUT2D eigenvalue weighted by Gasteiger charge is 2.40. The minimum atomic E-state index is -2.74. The van der Waals surface area contributed by atoms with Crippen LogP contribution in [0.5, 0.6) is 0 Å². The lowest BCUT2D eigenvalue weighted by Crippen LogP contribution is -2.46. The average Bonchev–Trinajstić information content (AvgIpc) is 3.19. The van der Waals surface area contributed by atoms with E-state index in [2.05, 4.69) is 97.5 Å². The van der Waals surface area contributed by atoms with Gasteiger partial charge in [-0.05, 0) is 101 Å². The molecule has 58 heavy (non-hydrogen) atoms. The van der Waals surface area contributed by atoms with Crippen LogP contribution in [0.2, 0.25) is 12.1 Å². The predicted molar refractivity (Wildman–Crippen MR) is 238 cm³/mol. The Morgan fingerprint density at radius 1 is 0.483 bits per heavy atom. The van der Waals surface area contributed by atoms with E-state index in [4.69, 9.17) is 26.6 Å². The number of hydrogen-bond acceptors (Lipinski definition) is 8. The molecule has 0 bridgehead atoms. The lowest BCUT2D eigenvalue weighted by atomic mass is 9.73. The molecule has 3 aromatic carbocycles. The maximum Gasteiger partial charge on any atom is 0.500 e. The van der Waals surface area contributed by atoms with Crippen molar-refractivity contribution in [3.05, 3.63) is 95.1 Å². The van der Waals surface area contributed by atoms with Crippen LogP contribution in [0.3, 0.4) is 0 Å². The molecule has 0 heterocycles. The van der Waals surface area contributed by atoms with E-state index in [1.165, 1.54) is 11.1 Å². The molecule has 0 aliphatic heterocycles. The summed E-state index contributed by atoms with van der Waals surface area (Å²) in [7, 11) is -5.48. The highest BCUT2D eigenvalue weighted by atomic mass is 28.4. The van der Waals surface area contributed by atoms with Gasteiger partial charge in [0.2, 0.25) is 0 Å². The fourth-order valence-electron chi connectivity index (χ4n) is 6.94. The highest BCUT2D eigenvalue weighted by molar-refractivity contribution is 6.61. The van der Waals surface area contributed by atoms with E-state index in [1.807, 2.05) is 65.8 Å². The molecule has 0 spiro atoms. The Balaban J connectivity index is 1.57. The first-order chi connectivity index (χ1) is 27.7. The molecular weight excluding hydrogens is 769 g/mol. The summed E-state index contributed by atoms with van der Waals surface area (Å²) in [5.41, 5.74) is 5.46. The Bertz CT molecular complexity index is 1520. The van der Waals surface area contributed by atoms with Crippen LogP contribution in [-0.2, 0) is 37.4 Å². The van der Waals surface area contributed by atoms with Crippen molar-refractivity contribution in [1.29, 1.82) is 0 Å². The molecule has 14 heteroatoms. The van der Waals surface area contributed by atoms with Gasteiger partial charge < -0.3 is 47.8 Å². The number of anilines is 2. The fraction of sp³-hybridized carbons (Fsp3) is 0.545. The zero-order valence-corrected chi connectivity index (χ0v) is 38.7. The first-order valence-electron chi connectivity index (χ1n) is 21.0. The number of nitrogens with one attached hydrogen (secondary N) is 4. The van der Waals surface area contributed by atoms with Gasteiger partial charge in [0, 0.05) is 87.0 Å². The van der Waals surface area contributed by atoms with Gasteiger partial charge in [0.05, 0.1) is 0 Å². The molecule has 0 atom stereocenters. The van der Waals surface area contributed by atoms with Crippen LogP contribution in [-0.4, -0.2) is 82.4 Å². The van der Waals surface area contributed by atoms with Crippen molar-refractivity contribution in [2.24, 2.45) is 0 Å². The molecular formula is C44H70N4O8Si2. The minimum absolute atomic E-state index is 0.261. The standard InChI is InChI=1S/C44H70N4O8Si2/c1-11-51-57(52-12-2,53-13-3)32-18-30-45-41(49)47-39-26-22-35(23-27-39)43(7,8)37-20-17-21-38(34-37)44(9,10)36-24-28-40(29-25-36)48-42(50)46-31-19-33-58(54-14-4,55-15-5)56-16-6/h17,20-29,34H,11-16,18-19,30-33H2,1-10H3,(H2,45,47,49)(H2,46,48,50). The Kier molecular flexibility index (Phi) is 20.1. The summed E-state index contributed by atoms with van der Waals surface area (Å²) < 4.78 is 35.5. The number of amides is 4. The second-order valence-corrected chi connectivity index (χ2v) is 20.4. The van der Waals surface area contributed by atoms with Gasteiger partial charge in [-0.1, -0.05) is 76.2 Å². The zero-order chi connectivity index (χ0) is 42.7. The van der Waals surface area contributed by atoms with Crippen LogP contribution >= 0.6 is 0 Å². The molecule has 4 amide bonds. The minimum Gasteiger partial charge on any atom is -0.374 e. The van der Waals surface area contributed by atoms with Crippen LogP contribution in [0.25, 0.3) is 0 Å². The highest BCUT2D eigenvalue weighted by Crippen LogP contribution is 2.37. The Labute approximate surface area is 350 Å². The van der Waals surface area contributed by atoms with E-state index < -0.39 is 17.6 Å². The largest absolute Gasteiger partial charge is 0.500 e. The van der Waals surface area contributed by atoms with Gasteiger partial charge >= 0.3 is 29.7 Å². The van der Waals surface area contributed by atoms with Gasteiger partial charge in [-0.2, -0.15) is 0 Å². The summed E-state index contributed by atoms with van der Waals surface area (Å²) >= 11 is 0. The normalized spacial score (nSPS) is 12.3. The van der Waals surface area contributed by atoms with Crippen LogP contribution < -0.4 is 21.3 Å². The third-order valence-corrected chi connectivity index (χ3v) is 16.4. The molecule has 322 valence electrons. The van der Waals surface area contributed by atoms with Gasteiger partial charge in [-0.15, -0.1) is 0 Å². The molecule has 0 aliphatic rings. The summed E-state index contributed by atoms with van der Waals surface area (Å²) in [6, 6.07) is 25.5. The molecule has 0 saturated carbocycles. The molecule has 4 N–H and O–H groups in total. The van der Waals surface area contributed by atoms with Gasteiger partial charge in [0.15, 0.2) is 0 Å². The summed E-state index contributed by atoms with van der Waals surface area (Å²) in [4.78, 5) is 25.4. The first kappa shape index (κ1) is 48.8. The van der Waals surface area contributed by atoms with Crippen molar-refractivity contribution in [1.82, 2.24) is 10.6 Å². The second kappa shape index (κ2) is 23.8. The Morgan fingerprint density at radius 2 is 0.793 bits per heavy atom. The van der Waals surface area contributed by atoms with Crippen LogP contribution in [0.15, 0.2) is 72.8 Å². The topological polar surface area (TPSA) is 138 Å². The number of carbonyl (C=O) groups excluding carboxylic acids is 2. The van der Waals surface area contributed by atoms with E-state index in [9.17, 15) is 9.59 Å². The summed E-state index contributed by atoms with van der Waals surface area (Å²) in [5.74, 6) is 0. The molecule has 3 rings (SSSR count). The van der Waals surface area contributed by atoms with Crippen LogP contribution in [0.4, 0.5) is 21.0 Å². The Hall–Kier alpha value is -3.61. The quantitative estimate of drug-likeness (QED) is 0.0464. The third-order valence-electron chi connectivity index (χ3n) is 10.1. The smallest absolute Gasteiger partial charge is 0.374 e. The Morgan fingerprint density at radius 3 is 1.09 bits per heavy atom. The van der Waals surface area contributed by atoms with Crippen molar-refractivity contribution < 1.29 is 36.1 Å². The van der Waals surface area contributed by atoms with E-state index in [0.29, 0.717) is 89.0 Å². The molecule has 0 aliphatic carbocycles. The number of hydrogen-bond donors (Lipinski definition) is 4. The van der Waals surface area contributed by atoms with Gasteiger partial charge in [-0.3, -0.25) is 0 Å². The number of urea groups is 2. The van der Waals surface area contributed by atoms with Crippen LogP contribution in [0.1, 0.15) is 104 Å². The van der Waals surface area contributed by atoms with E-state index in [-0.39, 0.29) is 22.9 Å². The van der Waals surface area contributed by atoms with Gasteiger partial charge in [0.25, 0.3) is 0 Å². The maximum atomic E-state index is 12.7. The fourth-order valence-corrected chi connectivity index (χ4v) is 12.2. The molecule has 0 unspecified atom stereocenters. The summed E-state index contributed by atoms with van der Waals surface area (Å²) in [5, 5.41) is 11.8. The van der Waals surface area contributed by atoms with E-state index in [1.54, 1.807) is 0 Å². The average molecular weight is 839 g/mol. The maximum absolute atomic E-state index is 12.7.